The molecule has 0 saturated heterocycles. The summed E-state index contributed by atoms with van der Waals surface area (Å²) in [6.45, 7) is 2.78. The van der Waals surface area contributed by atoms with Crippen molar-refractivity contribution in [3.63, 3.8) is 0 Å². The maximum atomic E-state index is 12.8. The molecule has 23 heavy (non-hydrogen) atoms. The third-order valence-corrected chi connectivity index (χ3v) is 6.96. The van der Waals surface area contributed by atoms with E-state index >= 15 is 0 Å². The second-order valence-electron chi connectivity index (χ2n) is 5.43. The first-order valence-corrected chi connectivity index (χ1v) is 9.99. The Morgan fingerprint density at radius 3 is 2.22 bits per heavy atom. The van der Waals surface area contributed by atoms with Crippen LogP contribution in [0.1, 0.15) is 18.7 Å². The first-order valence-electron chi connectivity index (χ1n) is 7.01. The van der Waals surface area contributed by atoms with Crippen molar-refractivity contribution in [2.24, 2.45) is 5.14 Å². The van der Waals surface area contributed by atoms with Crippen LogP contribution < -0.4 is 5.14 Å². The Balaban J connectivity index is 1.96. The monoisotopic (exact) mass is 355 g/mol. The SMILES string of the molecule is C[C@@H]1c2cccn2CCN1S(=O)(=O)c1ccc(S(N)(=O)=O)cc1. The second-order valence-corrected chi connectivity index (χ2v) is 8.89. The molecule has 2 N–H and O–H groups in total. The summed E-state index contributed by atoms with van der Waals surface area (Å²) in [4.78, 5) is -0.0613. The van der Waals surface area contributed by atoms with E-state index in [9.17, 15) is 16.8 Å². The number of primary sulfonamides is 1. The molecule has 124 valence electrons. The Kier molecular flexibility index (Phi) is 3.83. The van der Waals surface area contributed by atoms with Crippen LogP contribution in [0.3, 0.4) is 0 Å². The van der Waals surface area contributed by atoms with Gasteiger partial charge in [0.1, 0.15) is 0 Å². The van der Waals surface area contributed by atoms with E-state index in [4.69, 9.17) is 5.14 Å². The standard InChI is InChI=1S/C14H17N3O4S2/c1-11-14-3-2-8-16(14)9-10-17(11)23(20,21)13-6-4-12(5-7-13)22(15,18)19/h2-8,11H,9-10H2,1H3,(H2,15,18,19)/t11-/m1/s1. The van der Waals surface area contributed by atoms with E-state index in [-0.39, 0.29) is 15.8 Å². The average Bonchev–Trinajstić information content (AvgIpc) is 2.96. The van der Waals surface area contributed by atoms with E-state index in [1.807, 2.05) is 29.8 Å². The highest BCUT2D eigenvalue weighted by Crippen LogP contribution is 2.31. The molecule has 0 bridgehead atoms. The van der Waals surface area contributed by atoms with Crippen molar-refractivity contribution in [3.05, 3.63) is 48.3 Å². The molecular formula is C14H17N3O4S2. The lowest BCUT2D eigenvalue weighted by Gasteiger charge is -2.33. The van der Waals surface area contributed by atoms with Gasteiger partial charge < -0.3 is 4.57 Å². The molecule has 1 atom stereocenters. The lowest BCUT2D eigenvalue weighted by molar-refractivity contribution is 0.282. The van der Waals surface area contributed by atoms with Crippen molar-refractivity contribution < 1.29 is 16.8 Å². The number of benzene rings is 1. The van der Waals surface area contributed by atoms with Crippen LogP contribution in [-0.2, 0) is 26.6 Å². The van der Waals surface area contributed by atoms with Crippen molar-refractivity contribution in [3.8, 4) is 0 Å². The van der Waals surface area contributed by atoms with Crippen LogP contribution in [0.4, 0.5) is 0 Å². The zero-order chi connectivity index (χ0) is 16.8. The van der Waals surface area contributed by atoms with Crippen LogP contribution in [0.25, 0.3) is 0 Å². The molecule has 1 aliphatic rings. The summed E-state index contributed by atoms with van der Waals surface area (Å²) in [5.41, 5.74) is 0.931. The highest BCUT2D eigenvalue weighted by molar-refractivity contribution is 7.89. The lowest BCUT2D eigenvalue weighted by atomic mass is 10.2. The Morgan fingerprint density at radius 2 is 1.61 bits per heavy atom. The summed E-state index contributed by atoms with van der Waals surface area (Å²) in [5, 5.41) is 5.03. The molecule has 7 nitrogen and oxygen atoms in total. The minimum atomic E-state index is -3.84. The second kappa shape index (κ2) is 5.45. The van der Waals surface area contributed by atoms with Crippen molar-refractivity contribution in [2.45, 2.75) is 29.3 Å². The van der Waals surface area contributed by atoms with E-state index in [1.165, 1.54) is 28.6 Å². The Hall–Kier alpha value is -1.68. The summed E-state index contributed by atoms with van der Waals surface area (Å²) in [6.07, 6.45) is 1.93. The number of hydrogen-bond donors (Lipinski definition) is 1. The van der Waals surface area contributed by atoms with Gasteiger partial charge in [-0.05, 0) is 43.3 Å². The molecule has 1 aliphatic heterocycles. The van der Waals surface area contributed by atoms with E-state index < -0.39 is 20.0 Å². The predicted octanol–water partition coefficient (Wildman–Crippen LogP) is 0.901. The van der Waals surface area contributed by atoms with Crippen LogP contribution in [0.5, 0.6) is 0 Å². The molecular weight excluding hydrogens is 338 g/mol. The van der Waals surface area contributed by atoms with Gasteiger partial charge in [-0.1, -0.05) is 0 Å². The lowest BCUT2D eigenvalue weighted by Crippen LogP contribution is -2.40. The largest absolute Gasteiger partial charge is 0.349 e. The number of hydrogen-bond acceptors (Lipinski definition) is 4. The fraction of sp³-hybridized carbons (Fsp3) is 0.286. The zero-order valence-electron chi connectivity index (χ0n) is 12.5. The molecule has 3 rings (SSSR count). The number of fused-ring (bicyclic) bond motifs is 1. The minimum Gasteiger partial charge on any atom is -0.349 e. The van der Waals surface area contributed by atoms with Crippen molar-refractivity contribution >= 4 is 20.0 Å². The molecule has 0 spiro atoms. The van der Waals surface area contributed by atoms with Gasteiger partial charge in [-0.15, -0.1) is 0 Å². The third-order valence-electron chi connectivity index (χ3n) is 4.04. The van der Waals surface area contributed by atoms with Crippen molar-refractivity contribution in [2.75, 3.05) is 6.54 Å². The van der Waals surface area contributed by atoms with E-state index in [2.05, 4.69) is 0 Å². The Labute approximate surface area is 135 Å². The van der Waals surface area contributed by atoms with Gasteiger partial charge in [0, 0.05) is 25.0 Å². The summed E-state index contributed by atoms with van der Waals surface area (Å²) in [6, 6.07) is 8.46. The molecule has 0 unspecified atom stereocenters. The highest BCUT2D eigenvalue weighted by atomic mass is 32.2. The quantitative estimate of drug-likeness (QED) is 0.883. The molecule has 0 radical (unpaired) electrons. The van der Waals surface area contributed by atoms with Crippen LogP contribution in [0.2, 0.25) is 0 Å². The van der Waals surface area contributed by atoms with Crippen LogP contribution in [0, 0.1) is 0 Å². The van der Waals surface area contributed by atoms with Gasteiger partial charge in [0.05, 0.1) is 15.8 Å². The summed E-state index contributed by atoms with van der Waals surface area (Å²) in [5.74, 6) is 0. The number of rotatable bonds is 3. The van der Waals surface area contributed by atoms with Gasteiger partial charge in [0.25, 0.3) is 0 Å². The van der Waals surface area contributed by atoms with Gasteiger partial charge in [0.15, 0.2) is 0 Å². The predicted molar refractivity (Wildman–Crippen MR) is 84.6 cm³/mol. The summed E-state index contributed by atoms with van der Waals surface area (Å²) < 4.78 is 51.6. The number of nitrogens with two attached hydrogens (primary N) is 1. The van der Waals surface area contributed by atoms with E-state index in [1.54, 1.807) is 0 Å². The minimum absolute atomic E-state index is 0.0526. The van der Waals surface area contributed by atoms with E-state index in [0.29, 0.717) is 13.1 Å². The molecule has 0 aliphatic carbocycles. The fourth-order valence-corrected chi connectivity index (χ4v) is 4.94. The Bertz CT molecular complexity index is 931. The van der Waals surface area contributed by atoms with Gasteiger partial charge in [-0.2, -0.15) is 4.31 Å². The van der Waals surface area contributed by atoms with Gasteiger partial charge in [0.2, 0.25) is 20.0 Å². The van der Waals surface area contributed by atoms with Crippen molar-refractivity contribution in [1.29, 1.82) is 0 Å². The average molecular weight is 355 g/mol. The molecule has 2 heterocycles. The normalized spacial score (nSPS) is 19.5. The Morgan fingerprint density at radius 1 is 1.00 bits per heavy atom. The number of nitrogens with zero attached hydrogens (tertiary/aromatic N) is 2. The summed E-state index contributed by atoms with van der Waals surface area (Å²) in [7, 11) is -7.55. The van der Waals surface area contributed by atoms with Crippen LogP contribution >= 0.6 is 0 Å². The highest BCUT2D eigenvalue weighted by Gasteiger charge is 2.33. The topological polar surface area (TPSA) is 102 Å². The van der Waals surface area contributed by atoms with Crippen LogP contribution in [0.15, 0.2) is 52.4 Å². The summed E-state index contributed by atoms with van der Waals surface area (Å²) >= 11 is 0. The molecule has 0 fully saturated rings. The zero-order valence-corrected chi connectivity index (χ0v) is 14.1. The first kappa shape index (κ1) is 16.2. The maximum absolute atomic E-state index is 12.8. The molecule has 0 saturated carbocycles. The molecule has 0 amide bonds. The van der Waals surface area contributed by atoms with Gasteiger partial charge >= 0.3 is 0 Å². The maximum Gasteiger partial charge on any atom is 0.243 e. The first-order chi connectivity index (χ1) is 10.7. The van der Waals surface area contributed by atoms with Crippen molar-refractivity contribution in [1.82, 2.24) is 8.87 Å². The number of sulfonamides is 2. The third kappa shape index (κ3) is 2.80. The van der Waals surface area contributed by atoms with Crippen LogP contribution in [-0.4, -0.2) is 32.3 Å². The molecule has 2 aromatic rings. The molecule has 1 aromatic heterocycles. The smallest absolute Gasteiger partial charge is 0.243 e. The fourth-order valence-electron chi connectivity index (χ4n) is 2.82. The van der Waals surface area contributed by atoms with E-state index in [0.717, 1.165) is 5.69 Å². The van der Waals surface area contributed by atoms with Gasteiger partial charge in [-0.3, -0.25) is 0 Å². The number of aromatic nitrogens is 1. The molecule has 9 heteroatoms. The molecule has 1 aromatic carbocycles. The van der Waals surface area contributed by atoms with Gasteiger partial charge in [-0.25, -0.2) is 22.0 Å².